The molecule has 0 aromatic rings. The molecule has 14 heavy (non-hydrogen) atoms. The largest absolute Gasteiger partial charge is 0.480 e. The molecule has 0 spiro atoms. The molecule has 1 atom stereocenters. The lowest BCUT2D eigenvalue weighted by Crippen LogP contribution is -2.38. The van der Waals surface area contributed by atoms with E-state index in [1.807, 2.05) is 0 Å². The smallest absolute Gasteiger partial charge is 0.320 e. The van der Waals surface area contributed by atoms with Gasteiger partial charge in [0.1, 0.15) is 6.04 Å². The predicted molar refractivity (Wildman–Crippen MR) is 54.2 cm³/mol. The summed E-state index contributed by atoms with van der Waals surface area (Å²) in [5.41, 5.74) is 0. The lowest BCUT2D eigenvalue weighted by Gasteiger charge is -2.24. The Hall–Kier alpha value is -0.570. The third kappa shape index (κ3) is 2.08. The van der Waals surface area contributed by atoms with Gasteiger partial charge in [-0.15, -0.1) is 0 Å². The van der Waals surface area contributed by atoms with Gasteiger partial charge >= 0.3 is 5.97 Å². The molecular weight excluding hydrogens is 178 g/mol. The number of carbonyl (C=O) groups is 1. The standard InChI is InChI=1S/C11H19NO2/c13-11(14)10-6-3-7-12(10)8-9-4-1-2-5-9/h9-10H,1-8H2,(H,13,14)/t10-/m1/s1. The lowest BCUT2D eigenvalue weighted by molar-refractivity contribution is -0.142. The molecule has 0 unspecified atom stereocenters. The van der Waals surface area contributed by atoms with Crippen molar-refractivity contribution in [2.45, 2.75) is 44.6 Å². The normalized spacial score (nSPS) is 29.9. The summed E-state index contributed by atoms with van der Waals surface area (Å²) in [6, 6.07) is -0.185. The van der Waals surface area contributed by atoms with Crippen molar-refractivity contribution in [2.24, 2.45) is 5.92 Å². The maximum atomic E-state index is 10.9. The van der Waals surface area contributed by atoms with Gasteiger partial charge in [-0.3, -0.25) is 9.69 Å². The highest BCUT2D eigenvalue weighted by Gasteiger charge is 2.32. The maximum absolute atomic E-state index is 10.9. The van der Waals surface area contributed by atoms with Gasteiger partial charge in [-0.25, -0.2) is 0 Å². The van der Waals surface area contributed by atoms with Crippen LogP contribution in [0.5, 0.6) is 0 Å². The number of hydrogen-bond acceptors (Lipinski definition) is 2. The Morgan fingerprint density at radius 3 is 2.57 bits per heavy atom. The molecule has 1 aliphatic carbocycles. The molecule has 1 aliphatic heterocycles. The zero-order chi connectivity index (χ0) is 9.97. The van der Waals surface area contributed by atoms with E-state index in [-0.39, 0.29) is 6.04 Å². The highest BCUT2D eigenvalue weighted by Crippen LogP contribution is 2.28. The van der Waals surface area contributed by atoms with Crippen molar-refractivity contribution in [3.8, 4) is 0 Å². The Morgan fingerprint density at radius 1 is 1.21 bits per heavy atom. The van der Waals surface area contributed by atoms with Gasteiger partial charge in [-0.2, -0.15) is 0 Å². The van der Waals surface area contributed by atoms with Crippen molar-refractivity contribution >= 4 is 5.97 Å². The summed E-state index contributed by atoms with van der Waals surface area (Å²) in [6.07, 6.45) is 7.21. The van der Waals surface area contributed by atoms with Crippen molar-refractivity contribution in [2.75, 3.05) is 13.1 Å². The quantitative estimate of drug-likeness (QED) is 0.749. The summed E-state index contributed by atoms with van der Waals surface area (Å²) in [5.74, 6) is 0.149. The van der Waals surface area contributed by atoms with E-state index in [1.165, 1.54) is 25.7 Å². The fraction of sp³-hybridized carbons (Fsp3) is 0.909. The van der Waals surface area contributed by atoms with E-state index in [0.29, 0.717) is 0 Å². The number of likely N-dealkylation sites (tertiary alicyclic amines) is 1. The Labute approximate surface area is 85.1 Å². The van der Waals surface area contributed by atoms with E-state index in [4.69, 9.17) is 5.11 Å². The highest BCUT2D eigenvalue weighted by atomic mass is 16.4. The van der Waals surface area contributed by atoms with Crippen LogP contribution in [0.25, 0.3) is 0 Å². The summed E-state index contributed by atoms with van der Waals surface area (Å²) < 4.78 is 0. The van der Waals surface area contributed by atoms with Crippen LogP contribution in [0.3, 0.4) is 0 Å². The predicted octanol–water partition coefficient (Wildman–Crippen LogP) is 1.73. The monoisotopic (exact) mass is 197 g/mol. The molecule has 0 bridgehead atoms. The summed E-state index contributed by atoms with van der Waals surface area (Å²) in [7, 11) is 0. The van der Waals surface area contributed by atoms with Crippen LogP contribution < -0.4 is 0 Å². The molecule has 1 saturated heterocycles. The van der Waals surface area contributed by atoms with Crippen molar-refractivity contribution in [3.05, 3.63) is 0 Å². The van der Waals surface area contributed by atoms with Gasteiger partial charge in [-0.05, 0) is 38.1 Å². The average molecular weight is 197 g/mol. The molecule has 3 nitrogen and oxygen atoms in total. The van der Waals surface area contributed by atoms with Crippen LogP contribution in [0.1, 0.15) is 38.5 Å². The number of aliphatic carboxylic acids is 1. The van der Waals surface area contributed by atoms with E-state index in [9.17, 15) is 4.79 Å². The zero-order valence-electron chi connectivity index (χ0n) is 8.61. The lowest BCUT2D eigenvalue weighted by atomic mass is 10.1. The Bertz CT molecular complexity index is 211. The first-order chi connectivity index (χ1) is 6.77. The summed E-state index contributed by atoms with van der Waals surface area (Å²) in [4.78, 5) is 13.1. The second-order valence-electron chi connectivity index (χ2n) is 4.64. The first kappa shape index (κ1) is 9.97. The number of hydrogen-bond donors (Lipinski definition) is 1. The number of carboxylic acids is 1. The summed E-state index contributed by atoms with van der Waals surface area (Å²) >= 11 is 0. The minimum absolute atomic E-state index is 0.185. The van der Waals surface area contributed by atoms with Crippen molar-refractivity contribution < 1.29 is 9.90 Å². The van der Waals surface area contributed by atoms with Gasteiger partial charge < -0.3 is 5.11 Å². The van der Waals surface area contributed by atoms with E-state index < -0.39 is 5.97 Å². The minimum Gasteiger partial charge on any atom is -0.480 e. The zero-order valence-corrected chi connectivity index (χ0v) is 8.61. The number of carboxylic acid groups (broad SMARTS) is 1. The Balaban J connectivity index is 1.86. The molecule has 80 valence electrons. The molecule has 0 radical (unpaired) electrons. The molecule has 0 aromatic carbocycles. The van der Waals surface area contributed by atoms with E-state index in [0.717, 1.165) is 31.8 Å². The second kappa shape index (κ2) is 4.30. The van der Waals surface area contributed by atoms with Gasteiger partial charge in [0.05, 0.1) is 0 Å². The Morgan fingerprint density at radius 2 is 1.93 bits per heavy atom. The van der Waals surface area contributed by atoms with Crippen LogP contribution in [-0.2, 0) is 4.79 Å². The van der Waals surface area contributed by atoms with Crippen LogP contribution in [-0.4, -0.2) is 35.1 Å². The fourth-order valence-electron chi connectivity index (χ4n) is 2.85. The molecular formula is C11H19NO2. The molecule has 2 aliphatic rings. The van der Waals surface area contributed by atoms with Crippen molar-refractivity contribution in [1.82, 2.24) is 4.90 Å². The van der Waals surface area contributed by atoms with Crippen LogP contribution in [0.15, 0.2) is 0 Å². The average Bonchev–Trinajstić information content (AvgIpc) is 2.75. The van der Waals surface area contributed by atoms with Crippen LogP contribution in [0.2, 0.25) is 0 Å². The van der Waals surface area contributed by atoms with E-state index >= 15 is 0 Å². The van der Waals surface area contributed by atoms with Gasteiger partial charge in [0.25, 0.3) is 0 Å². The third-order valence-electron chi connectivity index (χ3n) is 3.62. The number of rotatable bonds is 3. The maximum Gasteiger partial charge on any atom is 0.320 e. The number of nitrogens with zero attached hydrogens (tertiary/aromatic N) is 1. The molecule has 3 heteroatoms. The van der Waals surface area contributed by atoms with Crippen LogP contribution in [0.4, 0.5) is 0 Å². The molecule has 1 saturated carbocycles. The first-order valence-electron chi connectivity index (χ1n) is 5.74. The molecule has 1 heterocycles. The molecule has 1 N–H and O–H groups in total. The van der Waals surface area contributed by atoms with Gasteiger partial charge in [0.2, 0.25) is 0 Å². The van der Waals surface area contributed by atoms with E-state index in [1.54, 1.807) is 0 Å². The minimum atomic E-state index is -0.625. The highest BCUT2D eigenvalue weighted by molar-refractivity contribution is 5.73. The van der Waals surface area contributed by atoms with Gasteiger partial charge in [0.15, 0.2) is 0 Å². The van der Waals surface area contributed by atoms with E-state index in [2.05, 4.69) is 4.90 Å². The van der Waals surface area contributed by atoms with Crippen LogP contribution in [0, 0.1) is 5.92 Å². The summed E-state index contributed by atoms with van der Waals surface area (Å²) in [5, 5.41) is 9.02. The molecule has 0 amide bonds. The third-order valence-corrected chi connectivity index (χ3v) is 3.62. The Kier molecular flexibility index (Phi) is 3.06. The molecule has 2 rings (SSSR count). The fourth-order valence-corrected chi connectivity index (χ4v) is 2.85. The van der Waals surface area contributed by atoms with Crippen molar-refractivity contribution in [3.63, 3.8) is 0 Å². The molecule has 2 fully saturated rings. The SMILES string of the molecule is O=C(O)[C@H]1CCCN1CC1CCCC1. The van der Waals surface area contributed by atoms with Crippen molar-refractivity contribution in [1.29, 1.82) is 0 Å². The van der Waals surface area contributed by atoms with Crippen LogP contribution >= 0.6 is 0 Å². The summed E-state index contributed by atoms with van der Waals surface area (Å²) in [6.45, 7) is 2.02. The topological polar surface area (TPSA) is 40.5 Å². The van der Waals surface area contributed by atoms with Gasteiger partial charge in [-0.1, -0.05) is 12.8 Å². The van der Waals surface area contributed by atoms with Gasteiger partial charge in [0, 0.05) is 6.54 Å². The first-order valence-corrected chi connectivity index (χ1v) is 5.74. The molecule has 0 aromatic heterocycles. The second-order valence-corrected chi connectivity index (χ2v) is 4.64.